The summed E-state index contributed by atoms with van der Waals surface area (Å²) in [7, 11) is 0. The Kier molecular flexibility index (Phi) is 5.64. The molecule has 0 radical (unpaired) electrons. The predicted octanol–water partition coefficient (Wildman–Crippen LogP) is 3.38. The molecule has 0 atom stereocenters. The fraction of sp³-hybridized carbons (Fsp3) is 0.462. The van der Waals surface area contributed by atoms with E-state index in [1.807, 2.05) is 6.92 Å². The summed E-state index contributed by atoms with van der Waals surface area (Å²) in [5.74, 6) is 0.0754. The molecule has 0 aliphatic rings. The van der Waals surface area contributed by atoms with Crippen LogP contribution in [0.25, 0.3) is 0 Å². The highest BCUT2D eigenvalue weighted by Gasteiger charge is 2.34. The van der Waals surface area contributed by atoms with Gasteiger partial charge in [0, 0.05) is 6.61 Å². The highest BCUT2D eigenvalue weighted by molar-refractivity contribution is 5.44. The normalized spacial score (nSPS) is 11.1. The van der Waals surface area contributed by atoms with Crippen LogP contribution in [-0.2, 0) is 10.9 Å². The fourth-order valence-corrected chi connectivity index (χ4v) is 1.41. The molecule has 1 aromatic carbocycles. The van der Waals surface area contributed by atoms with Crippen molar-refractivity contribution in [3.8, 4) is 11.8 Å². The third kappa shape index (κ3) is 4.79. The number of nitrogens with zero attached hydrogens (tertiary/aromatic N) is 1. The first-order chi connectivity index (χ1) is 8.99. The van der Waals surface area contributed by atoms with E-state index in [0.717, 1.165) is 18.6 Å². The molecule has 0 spiro atoms. The fourth-order valence-electron chi connectivity index (χ4n) is 1.41. The zero-order valence-electron chi connectivity index (χ0n) is 10.5. The molecule has 104 valence electrons. The van der Waals surface area contributed by atoms with Crippen LogP contribution in [0.2, 0.25) is 0 Å². The van der Waals surface area contributed by atoms with E-state index in [4.69, 9.17) is 14.7 Å². The maximum Gasteiger partial charge on any atom is 0.417 e. The van der Waals surface area contributed by atoms with Crippen molar-refractivity contribution in [3.05, 3.63) is 29.3 Å². The van der Waals surface area contributed by atoms with E-state index in [0.29, 0.717) is 13.2 Å². The minimum Gasteiger partial charge on any atom is -0.491 e. The number of rotatable bonds is 6. The zero-order chi connectivity index (χ0) is 14.3. The molecule has 6 heteroatoms. The van der Waals surface area contributed by atoms with E-state index < -0.39 is 17.3 Å². The van der Waals surface area contributed by atoms with Gasteiger partial charge in [-0.1, -0.05) is 6.92 Å². The molecule has 0 saturated carbocycles. The lowest BCUT2D eigenvalue weighted by Gasteiger charge is -2.11. The molecule has 0 aliphatic carbocycles. The molecule has 0 heterocycles. The number of nitriles is 1. The average molecular weight is 273 g/mol. The standard InChI is InChI=1S/C13H14F3NO2/c1-2-5-18-6-7-19-11-4-3-10(9-17)12(8-11)13(14,15)16/h3-4,8H,2,5-7H2,1H3. The lowest BCUT2D eigenvalue weighted by molar-refractivity contribution is -0.137. The minimum atomic E-state index is -4.57. The lowest BCUT2D eigenvalue weighted by atomic mass is 10.1. The number of ether oxygens (including phenoxy) is 2. The summed E-state index contributed by atoms with van der Waals surface area (Å²) in [5, 5.41) is 8.64. The van der Waals surface area contributed by atoms with Crippen LogP contribution in [0.5, 0.6) is 5.75 Å². The summed E-state index contributed by atoms with van der Waals surface area (Å²) in [6.07, 6.45) is -3.70. The van der Waals surface area contributed by atoms with Gasteiger partial charge in [-0.3, -0.25) is 0 Å². The van der Waals surface area contributed by atoms with Gasteiger partial charge >= 0.3 is 6.18 Å². The number of alkyl halides is 3. The third-order valence-electron chi connectivity index (χ3n) is 2.26. The molecule has 19 heavy (non-hydrogen) atoms. The molecule has 1 aromatic rings. The average Bonchev–Trinajstić information content (AvgIpc) is 2.37. The van der Waals surface area contributed by atoms with Crippen molar-refractivity contribution in [2.75, 3.05) is 19.8 Å². The Bertz CT molecular complexity index is 452. The maximum absolute atomic E-state index is 12.7. The quantitative estimate of drug-likeness (QED) is 0.746. The van der Waals surface area contributed by atoms with Crippen LogP contribution in [-0.4, -0.2) is 19.8 Å². The third-order valence-corrected chi connectivity index (χ3v) is 2.26. The van der Waals surface area contributed by atoms with Gasteiger partial charge in [0.25, 0.3) is 0 Å². The van der Waals surface area contributed by atoms with E-state index in [2.05, 4.69) is 0 Å². The number of hydrogen-bond acceptors (Lipinski definition) is 3. The van der Waals surface area contributed by atoms with Crippen molar-refractivity contribution in [2.24, 2.45) is 0 Å². The predicted molar refractivity (Wildman–Crippen MR) is 62.8 cm³/mol. The van der Waals surface area contributed by atoms with Gasteiger partial charge in [0.1, 0.15) is 12.4 Å². The van der Waals surface area contributed by atoms with Crippen molar-refractivity contribution in [1.29, 1.82) is 5.26 Å². The summed E-state index contributed by atoms with van der Waals surface area (Å²) in [5.41, 5.74) is -1.40. The Hall–Kier alpha value is -1.74. The van der Waals surface area contributed by atoms with Crippen LogP contribution >= 0.6 is 0 Å². The Labute approximate surface area is 109 Å². The van der Waals surface area contributed by atoms with Gasteiger partial charge in [-0.15, -0.1) is 0 Å². The lowest BCUT2D eigenvalue weighted by Crippen LogP contribution is -2.10. The van der Waals surface area contributed by atoms with Crippen LogP contribution < -0.4 is 4.74 Å². The van der Waals surface area contributed by atoms with Crippen molar-refractivity contribution >= 4 is 0 Å². The first-order valence-corrected chi connectivity index (χ1v) is 5.81. The van der Waals surface area contributed by atoms with E-state index >= 15 is 0 Å². The van der Waals surface area contributed by atoms with E-state index in [9.17, 15) is 13.2 Å². The van der Waals surface area contributed by atoms with Crippen LogP contribution in [0.1, 0.15) is 24.5 Å². The van der Waals surface area contributed by atoms with Crippen LogP contribution in [0.3, 0.4) is 0 Å². The van der Waals surface area contributed by atoms with E-state index in [1.54, 1.807) is 0 Å². The summed E-state index contributed by atoms with van der Waals surface area (Å²) in [6, 6.07) is 4.79. The summed E-state index contributed by atoms with van der Waals surface area (Å²) < 4.78 is 48.3. The van der Waals surface area contributed by atoms with Gasteiger partial charge in [0.15, 0.2) is 0 Å². The Morgan fingerprint density at radius 1 is 1.21 bits per heavy atom. The second-order valence-electron chi connectivity index (χ2n) is 3.78. The molecular weight excluding hydrogens is 259 g/mol. The van der Waals surface area contributed by atoms with Gasteiger partial charge in [-0.2, -0.15) is 18.4 Å². The Morgan fingerprint density at radius 3 is 2.53 bits per heavy atom. The first-order valence-electron chi connectivity index (χ1n) is 5.81. The maximum atomic E-state index is 12.7. The van der Waals surface area contributed by atoms with Gasteiger partial charge in [-0.05, 0) is 24.6 Å². The van der Waals surface area contributed by atoms with E-state index in [-0.39, 0.29) is 12.4 Å². The monoisotopic (exact) mass is 273 g/mol. The van der Waals surface area contributed by atoms with Gasteiger partial charge in [0.05, 0.1) is 23.8 Å². The van der Waals surface area contributed by atoms with Gasteiger partial charge in [0.2, 0.25) is 0 Å². The zero-order valence-corrected chi connectivity index (χ0v) is 10.5. The molecule has 0 amide bonds. The molecule has 3 nitrogen and oxygen atoms in total. The molecule has 0 aromatic heterocycles. The molecular formula is C13H14F3NO2. The summed E-state index contributed by atoms with van der Waals surface area (Å²) in [4.78, 5) is 0. The smallest absolute Gasteiger partial charge is 0.417 e. The van der Waals surface area contributed by atoms with Gasteiger partial charge in [-0.25, -0.2) is 0 Å². The van der Waals surface area contributed by atoms with Crippen molar-refractivity contribution in [1.82, 2.24) is 0 Å². The summed E-state index contributed by atoms with van der Waals surface area (Å²) >= 11 is 0. The largest absolute Gasteiger partial charge is 0.491 e. The second kappa shape index (κ2) is 7.00. The van der Waals surface area contributed by atoms with Gasteiger partial charge < -0.3 is 9.47 Å². The molecule has 0 aliphatic heterocycles. The molecule has 0 saturated heterocycles. The molecule has 0 bridgehead atoms. The Balaban J connectivity index is 2.69. The number of halogens is 3. The molecule has 1 rings (SSSR count). The molecule has 0 N–H and O–H groups in total. The Morgan fingerprint density at radius 2 is 1.95 bits per heavy atom. The molecule has 0 fully saturated rings. The van der Waals surface area contributed by atoms with Crippen LogP contribution in [0, 0.1) is 11.3 Å². The summed E-state index contributed by atoms with van der Waals surface area (Å²) in [6.45, 7) is 3.03. The first kappa shape index (κ1) is 15.3. The topological polar surface area (TPSA) is 42.2 Å². The van der Waals surface area contributed by atoms with Crippen molar-refractivity contribution in [3.63, 3.8) is 0 Å². The molecule has 0 unspecified atom stereocenters. The highest BCUT2D eigenvalue weighted by atomic mass is 19.4. The number of hydrogen-bond donors (Lipinski definition) is 0. The van der Waals surface area contributed by atoms with Crippen molar-refractivity contribution in [2.45, 2.75) is 19.5 Å². The van der Waals surface area contributed by atoms with E-state index in [1.165, 1.54) is 12.1 Å². The highest BCUT2D eigenvalue weighted by Crippen LogP contribution is 2.34. The van der Waals surface area contributed by atoms with Crippen LogP contribution in [0.15, 0.2) is 18.2 Å². The SMILES string of the molecule is CCCOCCOc1ccc(C#N)c(C(F)(F)F)c1. The van der Waals surface area contributed by atoms with Crippen LogP contribution in [0.4, 0.5) is 13.2 Å². The minimum absolute atomic E-state index is 0.0754. The van der Waals surface area contributed by atoms with Crippen molar-refractivity contribution < 1.29 is 22.6 Å². The number of benzene rings is 1. The second-order valence-corrected chi connectivity index (χ2v) is 3.78.